The van der Waals surface area contributed by atoms with Crippen LogP contribution in [0.15, 0.2) is 48.0 Å². The number of amides is 2. The lowest BCUT2D eigenvalue weighted by Gasteiger charge is -2.38. The molecule has 0 spiro atoms. The maximum Gasteiger partial charge on any atom is 0.410 e. The smallest absolute Gasteiger partial charge is 0.410 e. The number of piperazine rings is 1. The Bertz CT molecular complexity index is 1810. The van der Waals surface area contributed by atoms with E-state index in [4.69, 9.17) is 14.2 Å². The Morgan fingerprint density at radius 2 is 1.70 bits per heavy atom. The van der Waals surface area contributed by atoms with Gasteiger partial charge in [-0.05, 0) is 81.0 Å². The van der Waals surface area contributed by atoms with Crippen LogP contribution < -0.4 is 14.4 Å². The lowest BCUT2D eigenvalue weighted by molar-refractivity contribution is -0.136. The first kappa shape index (κ1) is 41.0. The predicted molar refractivity (Wildman–Crippen MR) is 209 cm³/mol. The molecule has 1 saturated heterocycles. The fraction of sp³-hybridized carbons (Fsp3) is 0.575. The number of likely N-dealkylation sites (N-methyl/N-ethyl adjacent to an activating group) is 1. The maximum absolute atomic E-state index is 13.6. The lowest BCUT2D eigenvalue weighted by Crippen LogP contribution is -2.52. The Labute approximate surface area is 320 Å². The summed E-state index contributed by atoms with van der Waals surface area (Å²) < 4.78 is 46.2. The fourth-order valence-electron chi connectivity index (χ4n) is 7.79. The van der Waals surface area contributed by atoms with E-state index in [1.807, 2.05) is 51.1 Å². The van der Waals surface area contributed by atoms with E-state index >= 15 is 0 Å². The van der Waals surface area contributed by atoms with Crippen LogP contribution in [-0.2, 0) is 29.9 Å². The van der Waals surface area contributed by atoms with Gasteiger partial charge >= 0.3 is 22.3 Å². The standard InChI is InChI=1S/C40H57N5O8S/c1-39(2,3)53-38(48)44-22-20-43(21-23-44)19-18-42(5)54(49,50)41-36(46)30-16-17-34-35(26-30)45(28-40(34,4)32-13-9-8-10-14-32)27-31(37(47)52-7)24-29-12-11-15-33(25-29)51-6/h11-12,15-17,24-26,32H,8-10,13-14,18-23,27-28H2,1-7H3,(H,41,46). The van der Waals surface area contributed by atoms with Crippen molar-refractivity contribution in [1.29, 1.82) is 0 Å². The second-order valence-corrected chi connectivity index (χ2v) is 17.6. The molecule has 5 rings (SSSR count). The number of nitrogens with zero attached hydrogens (tertiary/aromatic N) is 4. The van der Waals surface area contributed by atoms with Crippen molar-refractivity contribution in [2.75, 3.05) is 78.5 Å². The molecule has 1 unspecified atom stereocenters. The molecule has 2 amide bonds. The van der Waals surface area contributed by atoms with Crippen molar-refractivity contribution in [1.82, 2.24) is 18.8 Å². The number of carbonyl (C=O) groups excluding carboxylic acids is 3. The molecule has 2 aliphatic heterocycles. The van der Waals surface area contributed by atoms with Gasteiger partial charge in [-0.25, -0.2) is 14.3 Å². The highest BCUT2D eigenvalue weighted by Gasteiger charge is 2.45. The van der Waals surface area contributed by atoms with Gasteiger partial charge in [-0.1, -0.05) is 44.4 Å². The minimum absolute atomic E-state index is 0.155. The number of rotatable bonds is 12. The molecule has 0 radical (unpaired) electrons. The molecule has 2 fully saturated rings. The van der Waals surface area contributed by atoms with Gasteiger partial charge in [0.1, 0.15) is 11.4 Å². The molecule has 1 saturated carbocycles. The molecule has 1 N–H and O–H groups in total. The minimum Gasteiger partial charge on any atom is -0.497 e. The zero-order chi connectivity index (χ0) is 39.3. The molecule has 54 heavy (non-hydrogen) atoms. The van der Waals surface area contributed by atoms with E-state index < -0.39 is 27.7 Å². The molecule has 2 aromatic carbocycles. The predicted octanol–water partition coefficient (Wildman–Crippen LogP) is 5.07. The number of carbonyl (C=O) groups is 3. The van der Waals surface area contributed by atoms with Gasteiger partial charge in [0.05, 0.1) is 26.3 Å². The van der Waals surface area contributed by atoms with Crippen molar-refractivity contribution < 1.29 is 37.0 Å². The Balaban J connectivity index is 1.31. The number of hydrogen-bond acceptors (Lipinski definition) is 10. The van der Waals surface area contributed by atoms with Crippen LogP contribution >= 0.6 is 0 Å². The molecule has 2 aromatic rings. The molecular formula is C40H57N5O8S. The third-order valence-corrected chi connectivity index (χ3v) is 12.3. The zero-order valence-electron chi connectivity index (χ0n) is 32.9. The first-order chi connectivity index (χ1) is 25.5. The molecule has 1 atom stereocenters. The van der Waals surface area contributed by atoms with Gasteiger partial charge in [-0.2, -0.15) is 12.7 Å². The first-order valence-electron chi connectivity index (χ1n) is 18.8. The normalized spacial score (nSPS) is 20.1. The van der Waals surface area contributed by atoms with Crippen LogP contribution in [0.5, 0.6) is 5.75 Å². The van der Waals surface area contributed by atoms with Crippen molar-refractivity contribution in [3.63, 3.8) is 0 Å². The van der Waals surface area contributed by atoms with Crippen LogP contribution in [-0.4, -0.2) is 120 Å². The van der Waals surface area contributed by atoms with Gasteiger partial charge < -0.3 is 24.0 Å². The van der Waals surface area contributed by atoms with E-state index in [1.54, 1.807) is 30.2 Å². The van der Waals surface area contributed by atoms with Gasteiger partial charge in [0.15, 0.2) is 0 Å². The van der Waals surface area contributed by atoms with Gasteiger partial charge in [0, 0.05) is 69.5 Å². The molecule has 3 aliphatic rings. The number of anilines is 1. The van der Waals surface area contributed by atoms with Crippen LogP contribution in [0.2, 0.25) is 0 Å². The Morgan fingerprint density at radius 1 is 1.00 bits per heavy atom. The first-order valence-corrected chi connectivity index (χ1v) is 20.3. The van der Waals surface area contributed by atoms with Gasteiger partial charge in [-0.15, -0.1) is 0 Å². The van der Waals surface area contributed by atoms with E-state index in [1.165, 1.54) is 20.6 Å². The largest absolute Gasteiger partial charge is 0.497 e. The lowest BCUT2D eigenvalue weighted by atomic mass is 9.67. The fourth-order valence-corrected chi connectivity index (χ4v) is 8.62. The van der Waals surface area contributed by atoms with Crippen molar-refractivity contribution in [3.05, 3.63) is 64.7 Å². The number of esters is 1. The molecule has 14 heteroatoms. The second kappa shape index (κ2) is 17.1. The summed E-state index contributed by atoms with van der Waals surface area (Å²) in [5, 5.41) is 0. The number of methoxy groups -OCH3 is 2. The summed E-state index contributed by atoms with van der Waals surface area (Å²) in [5.74, 6) is -0.104. The van der Waals surface area contributed by atoms with E-state index in [9.17, 15) is 22.8 Å². The number of benzene rings is 2. The maximum atomic E-state index is 13.6. The summed E-state index contributed by atoms with van der Waals surface area (Å²) in [7, 11) is 0.224. The number of ether oxygens (including phenoxy) is 3. The Morgan fingerprint density at radius 3 is 2.35 bits per heavy atom. The molecule has 0 aromatic heterocycles. The average Bonchev–Trinajstić information content (AvgIpc) is 3.44. The average molecular weight is 768 g/mol. The van der Waals surface area contributed by atoms with Gasteiger partial charge in [0.25, 0.3) is 5.91 Å². The summed E-state index contributed by atoms with van der Waals surface area (Å²) in [6.07, 6.45) is 7.17. The third kappa shape index (κ3) is 9.93. The Kier molecular flexibility index (Phi) is 13.0. The number of nitrogens with one attached hydrogen (secondary N) is 1. The van der Waals surface area contributed by atoms with Crippen LogP contribution in [0.25, 0.3) is 6.08 Å². The van der Waals surface area contributed by atoms with Crippen LogP contribution in [0.3, 0.4) is 0 Å². The van der Waals surface area contributed by atoms with Crippen molar-refractivity contribution >= 4 is 39.9 Å². The summed E-state index contributed by atoms with van der Waals surface area (Å²) in [4.78, 5) is 45.1. The second-order valence-electron chi connectivity index (χ2n) is 15.8. The minimum atomic E-state index is -4.17. The van der Waals surface area contributed by atoms with Crippen molar-refractivity contribution in [2.45, 2.75) is 70.8 Å². The Hall–Kier alpha value is -4.14. The summed E-state index contributed by atoms with van der Waals surface area (Å²) in [6.45, 7) is 11.3. The topological polar surface area (TPSA) is 138 Å². The third-order valence-electron chi connectivity index (χ3n) is 10.9. The van der Waals surface area contributed by atoms with Gasteiger partial charge in [0.2, 0.25) is 0 Å². The monoisotopic (exact) mass is 767 g/mol. The number of hydrogen-bond donors (Lipinski definition) is 1. The SMILES string of the molecule is COC(=O)C(=Cc1cccc(OC)c1)CN1CC(C)(C2CCCCC2)c2ccc(C(=O)NS(=O)(=O)N(C)CCN3CCN(C(=O)OC(C)(C)C)CC3)cc21. The van der Waals surface area contributed by atoms with Crippen LogP contribution in [0.1, 0.15) is 81.3 Å². The van der Waals surface area contributed by atoms with E-state index in [2.05, 4.69) is 21.4 Å². The summed E-state index contributed by atoms with van der Waals surface area (Å²) in [6, 6.07) is 12.8. The molecule has 0 bridgehead atoms. The van der Waals surface area contributed by atoms with Crippen molar-refractivity contribution in [3.8, 4) is 5.75 Å². The molecule has 13 nitrogen and oxygen atoms in total. The quantitative estimate of drug-likeness (QED) is 0.230. The van der Waals surface area contributed by atoms with E-state index in [0.29, 0.717) is 56.5 Å². The van der Waals surface area contributed by atoms with Gasteiger partial charge in [-0.3, -0.25) is 9.69 Å². The zero-order valence-corrected chi connectivity index (χ0v) is 33.7. The van der Waals surface area contributed by atoms with E-state index in [-0.39, 0.29) is 30.2 Å². The summed E-state index contributed by atoms with van der Waals surface area (Å²) in [5.41, 5.74) is 2.51. The van der Waals surface area contributed by atoms with Crippen LogP contribution in [0.4, 0.5) is 10.5 Å². The van der Waals surface area contributed by atoms with Crippen LogP contribution in [0, 0.1) is 5.92 Å². The van der Waals surface area contributed by atoms with E-state index in [0.717, 1.165) is 46.8 Å². The molecule has 1 aliphatic carbocycles. The number of fused-ring (bicyclic) bond motifs is 1. The summed E-state index contributed by atoms with van der Waals surface area (Å²) >= 11 is 0. The highest BCUT2D eigenvalue weighted by molar-refractivity contribution is 7.87. The highest BCUT2D eigenvalue weighted by atomic mass is 32.2. The molecule has 2 heterocycles. The molecule has 296 valence electrons. The van der Waals surface area contributed by atoms with Crippen molar-refractivity contribution in [2.24, 2.45) is 5.92 Å². The highest BCUT2D eigenvalue weighted by Crippen LogP contribution is 2.50. The molecular weight excluding hydrogens is 711 g/mol.